The molecule has 0 saturated heterocycles. The van der Waals surface area contributed by atoms with Gasteiger partial charge in [-0.15, -0.1) is 0 Å². The lowest BCUT2D eigenvalue weighted by Crippen LogP contribution is -1.96. The third-order valence-corrected chi connectivity index (χ3v) is 2.39. The van der Waals surface area contributed by atoms with E-state index >= 15 is 0 Å². The largest absolute Gasteiger partial charge is 0.278 e. The lowest BCUT2D eigenvalue weighted by Gasteiger charge is -2.03. The molecule has 1 heterocycles. The van der Waals surface area contributed by atoms with Crippen molar-refractivity contribution in [1.82, 2.24) is 10.2 Å². The van der Waals surface area contributed by atoms with Crippen molar-refractivity contribution in [3.63, 3.8) is 0 Å². The molecule has 0 aliphatic carbocycles. The van der Waals surface area contributed by atoms with Crippen molar-refractivity contribution in [3.8, 4) is 0 Å². The maximum Gasteiger partial charge on any atom is 0.0682 e. The highest BCUT2D eigenvalue weighted by Gasteiger charge is 2.04. The minimum absolute atomic E-state index is 0.501. The number of hydrogen-bond acceptors (Lipinski definition) is 1. The molecule has 0 radical (unpaired) electrons. The molecule has 2 rings (SSSR count). The van der Waals surface area contributed by atoms with Crippen molar-refractivity contribution in [2.24, 2.45) is 0 Å². The molecule has 1 aromatic carbocycles. The molecule has 1 aromatic heterocycles. The molecule has 1 atom stereocenters. The van der Waals surface area contributed by atoms with Crippen LogP contribution >= 0.6 is 15.9 Å². The lowest BCUT2D eigenvalue weighted by atomic mass is 10.1. The van der Waals surface area contributed by atoms with Crippen molar-refractivity contribution in [3.05, 3.63) is 30.0 Å². The number of para-hydroxylation sites is 1. The molecule has 0 spiro atoms. The number of nitrogens with one attached hydrogen (secondary N) is 1. The average molecular weight is 239 g/mol. The number of aromatic nitrogens is 2. The summed E-state index contributed by atoms with van der Waals surface area (Å²) in [6, 6.07) is 6.28. The molecular formula is C10H11BrN2. The maximum absolute atomic E-state index is 4.03. The van der Waals surface area contributed by atoms with Gasteiger partial charge in [-0.25, -0.2) is 0 Å². The molecule has 1 N–H and O–H groups in total. The zero-order valence-electron chi connectivity index (χ0n) is 7.42. The number of nitrogens with zero attached hydrogens (tertiary/aromatic N) is 1. The fourth-order valence-corrected chi connectivity index (χ4v) is 1.85. The summed E-state index contributed by atoms with van der Waals surface area (Å²) in [6.07, 6.45) is 2.89. The summed E-state index contributed by atoms with van der Waals surface area (Å²) in [5, 5.41) is 8.24. The van der Waals surface area contributed by atoms with E-state index in [4.69, 9.17) is 0 Å². The second-order valence-corrected chi connectivity index (χ2v) is 4.80. The van der Waals surface area contributed by atoms with Crippen LogP contribution < -0.4 is 0 Å². The Morgan fingerprint density at radius 1 is 1.54 bits per heavy atom. The lowest BCUT2D eigenvalue weighted by molar-refractivity contribution is 0.961. The molecule has 2 nitrogen and oxygen atoms in total. The van der Waals surface area contributed by atoms with Gasteiger partial charge in [0.15, 0.2) is 0 Å². The fraction of sp³-hybridized carbons (Fsp3) is 0.300. The van der Waals surface area contributed by atoms with Crippen LogP contribution in [0.5, 0.6) is 0 Å². The summed E-state index contributed by atoms with van der Waals surface area (Å²) >= 11 is 3.55. The van der Waals surface area contributed by atoms with Gasteiger partial charge in [-0.05, 0) is 12.0 Å². The highest BCUT2D eigenvalue weighted by atomic mass is 79.9. The topological polar surface area (TPSA) is 28.7 Å². The summed E-state index contributed by atoms with van der Waals surface area (Å²) in [4.78, 5) is 0.501. The smallest absolute Gasteiger partial charge is 0.0682 e. The van der Waals surface area contributed by atoms with Gasteiger partial charge >= 0.3 is 0 Å². The Bertz CT molecular complexity index is 406. The number of rotatable bonds is 2. The van der Waals surface area contributed by atoms with E-state index in [2.05, 4.69) is 51.3 Å². The van der Waals surface area contributed by atoms with Gasteiger partial charge in [-0.3, -0.25) is 5.10 Å². The van der Waals surface area contributed by atoms with Gasteiger partial charge in [0.1, 0.15) is 0 Å². The van der Waals surface area contributed by atoms with Gasteiger partial charge in [0.05, 0.1) is 11.7 Å². The molecule has 1 unspecified atom stereocenters. The van der Waals surface area contributed by atoms with Crippen molar-refractivity contribution in [2.75, 3.05) is 0 Å². The van der Waals surface area contributed by atoms with Gasteiger partial charge in [0, 0.05) is 10.2 Å². The van der Waals surface area contributed by atoms with Gasteiger partial charge < -0.3 is 0 Å². The summed E-state index contributed by atoms with van der Waals surface area (Å²) < 4.78 is 0. The van der Waals surface area contributed by atoms with E-state index in [1.54, 1.807) is 0 Å². The predicted octanol–water partition coefficient (Wildman–Crippen LogP) is 2.89. The summed E-state index contributed by atoms with van der Waals surface area (Å²) in [7, 11) is 0. The standard InChI is InChI=1S/C10H11BrN2/c1-7(11)5-8-3-2-4-9-6-12-13-10(8)9/h2-4,6-7H,5H2,1H3,(H,12,13). The van der Waals surface area contributed by atoms with E-state index in [1.807, 2.05) is 6.20 Å². The minimum Gasteiger partial charge on any atom is -0.278 e. The molecule has 0 aliphatic heterocycles. The van der Waals surface area contributed by atoms with Crippen LogP contribution in [0.3, 0.4) is 0 Å². The number of H-pyrrole nitrogens is 1. The number of hydrogen-bond donors (Lipinski definition) is 1. The first-order valence-electron chi connectivity index (χ1n) is 4.32. The zero-order valence-corrected chi connectivity index (χ0v) is 9.01. The van der Waals surface area contributed by atoms with E-state index in [0.29, 0.717) is 4.83 Å². The van der Waals surface area contributed by atoms with Gasteiger partial charge in [-0.1, -0.05) is 41.1 Å². The third-order valence-electron chi connectivity index (χ3n) is 2.06. The van der Waals surface area contributed by atoms with Crippen LogP contribution in [0, 0.1) is 0 Å². The predicted molar refractivity (Wildman–Crippen MR) is 58.2 cm³/mol. The average Bonchev–Trinajstić information content (AvgIpc) is 2.51. The van der Waals surface area contributed by atoms with Gasteiger partial charge in [-0.2, -0.15) is 5.10 Å². The zero-order chi connectivity index (χ0) is 9.26. The maximum atomic E-state index is 4.03. The second-order valence-electron chi connectivity index (χ2n) is 3.24. The molecule has 68 valence electrons. The van der Waals surface area contributed by atoms with Crippen molar-refractivity contribution in [1.29, 1.82) is 0 Å². The third kappa shape index (κ3) is 1.75. The Morgan fingerprint density at radius 3 is 3.15 bits per heavy atom. The van der Waals surface area contributed by atoms with E-state index in [1.165, 1.54) is 10.9 Å². The normalized spacial score (nSPS) is 13.4. The van der Waals surface area contributed by atoms with Gasteiger partial charge in [0.2, 0.25) is 0 Å². The quantitative estimate of drug-likeness (QED) is 0.802. The number of fused-ring (bicyclic) bond motifs is 1. The summed E-state index contributed by atoms with van der Waals surface area (Å²) in [5.74, 6) is 0. The number of benzene rings is 1. The van der Waals surface area contributed by atoms with Crippen LogP contribution in [0.1, 0.15) is 12.5 Å². The second kappa shape index (κ2) is 3.50. The van der Waals surface area contributed by atoms with Crippen LogP contribution in [0.25, 0.3) is 10.9 Å². The van der Waals surface area contributed by atoms with E-state index in [9.17, 15) is 0 Å². The summed E-state index contributed by atoms with van der Waals surface area (Å²) in [5.41, 5.74) is 2.48. The Morgan fingerprint density at radius 2 is 2.38 bits per heavy atom. The molecular weight excluding hydrogens is 228 g/mol. The molecule has 0 saturated carbocycles. The van der Waals surface area contributed by atoms with E-state index < -0.39 is 0 Å². The van der Waals surface area contributed by atoms with Crippen molar-refractivity contribution >= 4 is 26.8 Å². The van der Waals surface area contributed by atoms with Crippen molar-refractivity contribution in [2.45, 2.75) is 18.2 Å². The Labute approximate surface area is 85.5 Å². The minimum atomic E-state index is 0.501. The van der Waals surface area contributed by atoms with Crippen LogP contribution in [0.4, 0.5) is 0 Å². The highest BCUT2D eigenvalue weighted by molar-refractivity contribution is 9.09. The number of aromatic amines is 1. The molecule has 13 heavy (non-hydrogen) atoms. The molecule has 0 amide bonds. The molecule has 2 aromatic rings. The van der Waals surface area contributed by atoms with E-state index in [-0.39, 0.29) is 0 Å². The summed E-state index contributed by atoms with van der Waals surface area (Å²) in [6.45, 7) is 2.15. The van der Waals surface area contributed by atoms with Crippen LogP contribution in [-0.4, -0.2) is 15.0 Å². The molecule has 0 bridgehead atoms. The Balaban J connectivity index is 2.48. The SMILES string of the molecule is CC(Br)Cc1cccc2cn[nH]c12. The van der Waals surface area contributed by atoms with E-state index in [0.717, 1.165) is 11.9 Å². The molecule has 3 heteroatoms. The molecule has 0 aliphatic rings. The van der Waals surface area contributed by atoms with Crippen LogP contribution in [-0.2, 0) is 6.42 Å². The Kier molecular flexibility index (Phi) is 2.36. The van der Waals surface area contributed by atoms with Crippen LogP contribution in [0.2, 0.25) is 0 Å². The highest BCUT2D eigenvalue weighted by Crippen LogP contribution is 2.18. The number of alkyl halides is 1. The first kappa shape index (κ1) is 8.75. The molecule has 0 fully saturated rings. The Hall–Kier alpha value is -0.830. The first-order chi connectivity index (χ1) is 6.27. The van der Waals surface area contributed by atoms with Crippen LogP contribution in [0.15, 0.2) is 24.4 Å². The van der Waals surface area contributed by atoms with Gasteiger partial charge in [0.25, 0.3) is 0 Å². The monoisotopic (exact) mass is 238 g/mol. The van der Waals surface area contributed by atoms with Crippen molar-refractivity contribution < 1.29 is 0 Å². The number of halogens is 1. The fourth-order valence-electron chi connectivity index (χ4n) is 1.50. The first-order valence-corrected chi connectivity index (χ1v) is 5.24.